The third-order valence-corrected chi connectivity index (χ3v) is 9.66. The van der Waals surface area contributed by atoms with E-state index in [0.717, 1.165) is 61.2 Å². The summed E-state index contributed by atoms with van der Waals surface area (Å²) in [4.78, 5) is 27.4. The molecule has 5 rings (SSSR count). The van der Waals surface area contributed by atoms with Gasteiger partial charge in [0, 0.05) is 42.1 Å². The topological polar surface area (TPSA) is 96.6 Å². The van der Waals surface area contributed by atoms with E-state index in [-0.39, 0.29) is 28.5 Å². The number of anilines is 2. The molecule has 1 heterocycles. The molecule has 226 valence electrons. The largest absolute Gasteiger partial charge is 0.452 e. The molecular formula is C35H50N5O2+. The molecule has 3 aliphatic rings. The monoisotopic (exact) mass is 572 g/mol. The predicted octanol–water partition coefficient (Wildman–Crippen LogP) is 8.34. The SMILES string of the molecule is CC(C)C(N)C(=O)Nc1ccc([N@+]2(C3CCCCCCCCC3)N=C(C3CCCCC3)c3ccccc3NC2=O)cc1. The number of hydrogen-bond donors (Lipinski definition) is 3. The number of fused-ring (bicyclic) bond motifs is 1. The number of nitrogens with zero attached hydrogens (tertiary/aromatic N) is 2. The number of carbonyl (C=O) groups is 2. The van der Waals surface area contributed by atoms with Crippen LogP contribution in [0.2, 0.25) is 0 Å². The lowest BCUT2D eigenvalue weighted by Gasteiger charge is -2.37. The summed E-state index contributed by atoms with van der Waals surface area (Å²) in [6.45, 7) is 3.89. The van der Waals surface area contributed by atoms with Crippen molar-refractivity contribution in [1.29, 1.82) is 0 Å². The summed E-state index contributed by atoms with van der Waals surface area (Å²) >= 11 is 0. The van der Waals surface area contributed by atoms with E-state index >= 15 is 0 Å². The van der Waals surface area contributed by atoms with Gasteiger partial charge < -0.3 is 11.1 Å². The third-order valence-electron chi connectivity index (χ3n) is 9.66. The van der Waals surface area contributed by atoms with Gasteiger partial charge in [0.05, 0.1) is 11.7 Å². The van der Waals surface area contributed by atoms with Crippen molar-refractivity contribution in [2.45, 2.75) is 116 Å². The fraction of sp³-hybridized carbons (Fsp3) is 0.571. The van der Waals surface area contributed by atoms with E-state index < -0.39 is 6.04 Å². The lowest BCUT2D eigenvalue weighted by molar-refractivity contribution is -0.118. The van der Waals surface area contributed by atoms with E-state index in [2.05, 4.69) is 22.8 Å². The average Bonchev–Trinajstić information content (AvgIpc) is 3.14. The van der Waals surface area contributed by atoms with Crippen LogP contribution in [0.5, 0.6) is 0 Å². The van der Waals surface area contributed by atoms with Crippen LogP contribution < -0.4 is 21.0 Å². The van der Waals surface area contributed by atoms with Gasteiger partial charge in [0.1, 0.15) is 11.8 Å². The summed E-state index contributed by atoms with van der Waals surface area (Å²) < 4.78 is -0.0692. The Hall–Kier alpha value is -3.03. The molecule has 3 amide bonds. The van der Waals surface area contributed by atoms with Crippen molar-refractivity contribution in [3.8, 4) is 0 Å². The Bertz CT molecular complexity index is 1240. The van der Waals surface area contributed by atoms with Gasteiger partial charge in [0.25, 0.3) is 0 Å². The van der Waals surface area contributed by atoms with Crippen molar-refractivity contribution in [2.24, 2.45) is 22.7 Å². The lowest BCUT2D eigenvalue weighted by atomic mass is 9.83. The van der Waals surface area contributed by atoms with Crippen molar-refractivity contribution in [3.63, 3.8) is 0 Å². The van der Waals surface area contributed by atoms with Crippen molar-refractivity contribution in [3.05, 3.63) is 54.1 Å². The summed E-state index contributed by atoms with van der Waals surface area (Å²) in [5.74, 6) is 0.177. The quantitative estimate of drug-likeness (QED) is 0.304. The summed E-state index contributed by atoms with van der Waals surface area (Å²) in [7, 11) is 0. The maximum Gasteiger partial charge on any atom is 0.452 e. The van der Waals surface area contributed by atoms with Crippen LogP contribution in [0.25, 0.3) is 0 Å². The van der Waals surface area contributed by atoms with Gasteiger partial charge >= 0.3 is 6.03 Å². The molecule has 7 nitrogen and oxygen atoms in total. The molecule has 2 aromatic carbocycles. The molecule has 2 aromatic rings. The number of benzene rings is 2. The number of nitrogens with two attached hydrogens (primary N) is 1. The molecule has 1 unspecified atom stereocenters. The van der Waals surface area contributed by atoms with E-state index in [9.17, 15) is 9.59 Å². The van der Waals surface area contributed by atoms with Gasteiger partial charge in [-0.2, -0.15) is 0 Å². The first-order valence-corrected chi connectivity index (χ1v) is 16.5. The molecule has 0 radical (unpaired) electrons. The number of quaternary nitrogens is 1. The lowest BCUT2D eigenvalue weighted by Crippen LogP contribution is -2.59. The van der Waals surface area contributed by atoms with E-state index in [0.29, 0.717) is 11.6 Å². The standard InChI is InChI=1S/C35H49N5O2/c1-25(2)32(36)34(41)37-27-21-23-29(24-22-27)40(28-17-11-6-4-3-5-7-12-18-28)35(42)38-31-20-14-13-19-30(31)33(39-40)26-15-9-8-10-16-26/h13-14,19-26,28,32H,3-12,15-18,36H2,1-2H3,(H-,37,38,39,41,42)/p+1/t32?,40-/m0/s1. The number of amides is 3. The molecule has 4 N–H and O–H groups in total. The van der Waals surface area contributed by atoms with Crippen LogP contribution in [0.1, 0.15) is 109 Å². The highest BCUT2D eigenvalue weighted by molar-refractivity contribution is 6.13. The Morgan fingerprint density at radius 1 is 0.857 bits per heavy atom. The molecule has 2 aliphatic carbocycles. The Morgan fingerprint density at radius 2 is 1.43 bits per heavy atom. The van der Waals surface area contributed by atoms with Gasteiger partial charge in [0.2, 0.25) is 5.91 Å². The number of carbonyl (C=O) groups excluding carboxylic acids is 2. The second-order valence-corrected chi connectivity index (χ2v) is 13.0. The normalized spacial score (nSPS) is 23.7. The minimum Gasteiger partial charge on any atom is -0.325 e. The highest BCUT2D eigenvalue weighted by Crippen LogP contribution is 2.40. The smallest absolute Gasteiger partial charge is 0.325 e. The highest BCUT2D eigenvalue weighted by atomic mass is 16.2. The number of rotatable bonds is 6. The van der Waals surface area contributed by atoms with Crippen LogP contribution in [0.3, 0.4) is 0 Å². The number of para-hydroxylation sites is 1. The van der Waals surface area contributed by atoms with E-state index in [1.807, 2.05) is 50.2 Å². The zero-order chi connectivity index (χ0) is 29.5. The van der Waals surface area contributed by atoms with E-state index in [1.165, 1.54) is 51.4 Å². The van der Waals surface area contributed by atoms with Gasteiger partial charge in [-0.1, -0.05) is 93.1 Å². The van der Waals surface area contributed by atoms with Gasteiger partial charge in [-0.05, 0) is 49.8 Å². The minimum atomic E-state index is -0.580. The fourth-order valence-corrected chi connectivity index (χ4v) is 7.06. The van der Waals surface area contributed by atoms with Crippen molar-refractivity contribution in [1.82, 2.24) is 4.59 Å². The Morgan fingerprint density at radius 3 is 2.07 bits per heavy atom. The minimum absolute atomic E-state index is 0.0332. The van der Waals surface area contributed by atoms with Gasteiger partial charge in [-0.15, -0.1) is 0 Å². The Kier molecular flexibility index (Phi) is 10.1. The zero-order valence-corrected chi connectivity index (χ0v) is 25.6. The average molecular weight is 573 g/mol. The molecule has 7 heteroatoms. The van der Waals surface area contributed by atoms with E-state index in [4.69, 9.17) is 10.8 Å². The van der Waals surface area contributed by atoms with E-state index in [1.54, 1.807) is 0 Å². The van der Waals surface area contributed by atoms with Gasteiger partial charge in [0.15, 0.2) is 5.69 Å². The Labute approximate surface area is 251 Å². The zero-order valence-electron chi connectivity index (χ0n) is 25.6. The molecule has 2 atom stereocenters. The summed E-state index contributed by atoms with van der Waals surface area (Å²) in [5.41, 5.74) is 10.6. The van der Waals surface area contributed by atoms with Gasteiger partial charge in [-0.3, -0.25) is 10.1 Å². The van der Waals surface area contributed by atoms with Crippen LogP contribution >= 0.6 is 0 Å². The molecule has 1 aliphatic heterocycles. The number of hydrogen-bond acceptors (Lipinski definition) is 4. The predicted molar refractivity (Wildman–Crippen MR) is 174 cm³/mol. The first-order valence-electron chi connectivity index (χ1n) is 16.5. The van der Waals surface area contributed by atoms with Crippen LogP contribution in [0.4, 0.5) is 21.9 Å². The second-order valence-electron chi connectivity index (χ2n) is 13.0. The molecule has 2 fully saturated rings. The fourth-order valence-electron chi connectivity index (χ4n) is 7.06. The first-order chi connectivity index (χ1) is 20.4. The van der Waals surface area contributed by atoms with Crippen LogP contribution in [-0.2, 0) is 4.79 Å². The molecular weight excluding hydrogens is 522 g/mol. The van der Waals surface area contributed by atoms with Crippen molar-refractivity contribution < 1.29 is 9.59 Å². The summed E-state index contributed by atoms with van der Waals surface area (Å²) in [5, 5.41) is 12.0. The number of nitrogens with one attached hydrogen (secondary N) is 2. The molecule has 42 heavy (non-hydrogen) atoms. The maximum absolute atomic E-state index is 14.7. The van der Waals surface area contributed by atoms with Crippen molar-refractivity contribution in [2.75, 3.05) is 10.6 Å². The van der Waals surface area contributed by atoms with Crippen LogP contribution in [0.15, 0.2) is 53.6 Å². The molecule has 2 saturated carbocycles. The van der Waals surface area contributed by atoms with Crippen LogP contribution in [0, 0.1) is 11.8 Å². The molecule has 0 spiro atoms. The third kappa shape index (κ3) is 6.63. The first kappa shape index (κ1) is 30.4. The molecule has 0 bridgehead atoms. The molecule has 0 aromatic heterocycles. The Balaban J connectivity index is 1.62. The summed E-state index contributed by atoms with van der Waals surface area (Å²) in [6, 6.07) is 15.4. The highest BCUT2D eigenvalue weighted by Gasteiger charge is 2.50. The number of urea groups is 1. The maximum atomic E-state index is 14.7. The van der Waals surface area contributed by atoms with Crippen molar-refractivity contribution >= 4 is 34.7 Å². The van der Waals surface area contributed by atoms with Crippen LogP contribution in [-0.4, -0.2) is 29.7 Å². The van der Waals surface area contributed by atoms with Gasteiger partial charge in [-0.25, -0.2) is 4.79 Å². The summed E-state index contributed by atoms with van der Waals surface area (Å²) in [6.07, 6.45) is 16.2. The second kappa shape index (κ2) is 14.0. The molecule has 0 saturated heterocycles.